The molecule has 0 bridgehead atoms. The number of nitrogens with zero attached hydrogens (tertiary/aromatic N) is 1. The van der Waals surface area contributed by atoms with E-state index in [1.807, 2.05) is 0 Å². The van der Waals surface area contributed by atoms with Crippen molar-refractivity contribution in [3.63, 3.8) is 0 Å². The second-order valence-electron chi connectivity index (χ2n) is 5.79. The predicted octanol–water partition coefficient (Wildman–Crippen LogP) is 1.29. The molecule has 0 aliphatic rings. The monoisotopic (exact) mass is 274 g/mol. The van der Waals surface area contributed by atoms with Crippen molar-refractivity contribution < 1.29 is 19.8 Å². The Hall–Kier alpha value is -1.30. The van der Waals surface area contributed by atoms with Gasteiger partial charge in [0.2, 0.25) is 0 Å². The van der Waals surface area contributed by atoms with E-state index in [-0.39, 0.29) is 12.6 Å². The minimum Gasteiger partial charge on any atom is -0.480 e. The van der Waals surface area contributed by atoms with E-state index in [0.717, 1.165) is 19.3 Å². The molecular weight excluding hydrogens is 248 g/mol. The molecule has 2 amide bonds. The summed E-state index contributed by atoms with van der Waals surface area (Å²) in [7, 11) is 1.63. The minimum absolute atomic E-state index is 0.154. The maximum atomic E-state index is 11.9. The number of carbonyl (C=O) groups excluding carboxylic acids is 1. The van der Waals surface area contributed by atoms with Crippen LogP contribution in [0.25, 0.3) is 0 Å². The molecule has 0 aromatic rings. The van der Waals surface area contributed by atoms with Crippen LogP contribution in [0.4, 0.5) is 4.79 Å². The highest BCUT2D eigenvalue weighted by Crippen LogP contribution is 2.19. The van der Waals surface area contributed by atoms with Crippen molar-refractivity contribution in [2.24, 2.45) is 5.41 Å². The molecule has 0 spiro atoms. The molecule has 1 atom stereocenters. The number of unbranched alkanes of at least 4 members (excludes halogenated alkanes) is 2. The van der Waals surface area contributed by atoms with Gasteiger partial charge in [0, 0.05) is 20.2 Å². The minimum atomic E-state index is -1.03. The van der Waals surface area contributed by atoms with Crippen LogP contribution < -0.4 is 5.32 Å². The maximum Gasteiger partial charge on any atom is 0.326 e. The van der Waals surface area contributed by atoms with Gasteiger partial charge in [0.05, 0.1) is 0 Å². The van der Waals surface area contributed by atoms with E-state index in [1.54, 1.807) is 27.8 Å². The summed E-state index contributed by atoms with van der Waals surface area (Å²) in [6.07, 6.45) is 2.35. The molecule has 0 aromatic carbocycles. The largest absolute Gasteiger partial charge is 0.480 e. The highest BCUT2D eigenvalue weighted by atomic mass is 16.4. The molecule has 112 valence electrons. The topological polar surface area (TPSA) is 89.9 Å². The van der Waals surface area contributed by atoms with Crippen molar-refractivity contribution >= 4 is 12.0 Å². The lowest BCUT2D eigenvalue weighted by Gasteiger charge is -2.29. The Morgan fingerprint density at radius 3 is 2.21 bits per heavy atom. The molecule has 6 heteroatoms. The van der Waals surface area contributed by atoms with Crippen LogP contribution in [0.2, 0.25) is 0 Å². The summed E-state index contributed by atoms with van der Waals surface area (Å²) in [5.74, 6) is -1.03. The number of carboxylic acid groups (broad SMARTS) is 1. The zero-order valence-corrected chi connectivity index (χ0v) is 12.3. The Bertz CT molecular complexity index is 300. The van der Waals surface area contributed by atoms with E-state index in [2.05, 4.69) is 5.32 Å². The lowest BCUT2D eigenvalue weighted by molar-refractivity contribution is -0.142. The fourth-order valence-corrected chi connectivity index (χ4v) is 1.62. The van der Waals surface area contributed by atoms with Crippen molar-refractivity contribution in [3.8, 4) is 0 Å². The maximum absolute atomic E-state index is 11.9. The lowest BCUT2D eigenvalue weighted by atomic mass is 9.87. The van der Waals surface area contributed by atoms with Gasteiger partial charge in [-0.15, -0.1) is 0 Å². The van der Waals surface area contributed by atoms with E-state index < -0.39 is 17.4 Å². The SMILES string of the molecule is CN(CCCCCO)C(=O)N[C@@H](C(=O)O)C(C)(C)C. The third kappa shape index (κ3) is 7.00. The zero-order valence-electron chi connectivity index (χ0n) is 12.3. The molecule has 0 aliphatic heterocycles. The molecule has 0 heterocycles. The second-order valence-corrected chi connectivity index (χ2v) is 5.79. The first-order valence-corrected chi connectivity index (χ1v) is 6.55. The molecule has 19 heavy (non-hydrogen) atoms. The lowest BCUT2D eigenvalue weighted by Crippen LogP contribution is -2.52. The molecule has 0 saturated carbocycles. The number of aliphatic carboxylic acids is 1. The van der Waals surface area contributed by atoms with Crippen LogP contribution in [0, 0.1) is 5.41 Å². The molecular formula is C13H26N2O4. The van der Waals surface area contributed by atoms with Gasteiger partial charge < -0.3 is 20.4 Å². The van der Waals surface area contributed by atoms with Crippen molar-refractivity contribution in [1.82, 2.24) is 10.2 Å². The zero-order chi connectivity index (χ0) is 15.1. The Morgan fingerprint density at radius 2 is 1.79 bits per heavy atom. The number of aliphatic hydroxyl groups excluding tert-OH is 1. The molecule has 0 radical (unpaired) electrons. The predicted molar refractivity (Wildman–Crippen MR) is 73.0 cm³/mol. The van der Waals surface area contributed by atoms with Gasteiger partial charge in [-0.1, -0.05) is 20.8 Å². The van der Waals surface area contributed by atoms with Gasteiger partial charge in [0.1, 0.15) is 6.04 Å². The van der Waals surface area contributed by atoms with Gasteiger partial charge in [0.15, 0.2) is 0 Å². The van der Waals surface area contributed by atoms with Crippen LogP contribution in [-0.4, -0.2) is 53.4 Å². The van der Waals surface area contributed by atoms with Gasteiger partial charge >= 0.3 is 12.0 Å². The highest BCUT2D eigenvalue weighted by molar-refractivity contribution is 5.83. The summed E-state index contributed by atoms with van der Waals surface area (Å²) < 4.78 is 0. The number of aliphatic hydroxyl groups is 1. The van der Waals surface area contributed by atoms with E-state index in [1.165, 1.54) is 4.90 Å². The third-order valence-electron chi connectivity index (χ3n) is 2.88. The van der Waals surface area contributed by atoms with E-state index >= 15 is 0 Å². The van der Waals surface area contributed by atoms with Crippen molar-refractivity contribution in [2.75, 3.05) is 20.2 Å². The van der Waals surface area contributed by atoms with Crippen LogP contribution in [0.15, 0.2) is 0 Å². The smallest absolute Gasteiger partial charge is 0.326 e. The first-order chi connectivity index (χ1) is 8.70. The summed E-state index contributed by atoms with van der Waals surface area (Å²) in [6, 6.07) is -1.30. The van der Waals surface area contributed by atoms with Crippen LogP contribution in [-0.2, 0) is 4.79 Å². The Balaban J connectivity index is 4.29. The average molecular weight is 274 g/mol. The first-order valence-electron chi connectivity index (χ1n) is 6.55. The van der Waals surface area contributed by atoms with Crippen LogP contribution in [0.1, 0.15) is 40.0 Å². The summed E-state index contributed by atoms with van der Waals surface area (Å²) in [5, 5.41) is 20.3. The number of urea groups is 1. The molecule has 0 aromatic heterocycles. The summed E-state index contributed by atoms with van der Waals surface area (Å²) in [4.78, 5) is 24.5. The molecule has 0 saturated heterocycles. The van der Waals surface area contributed by atoms with Gasteiger partial charge in [-0.2, -0.15) is 0 Å². The fraction of sp³-hybridized carbons (Fsp3) is 0.846. The number of hydrogen-bond acceptors (Lipinski definition) is 3. The number of amides is 2. The number of hydrogen-bond donors (Lipinski definition) is 3. The van der Waals surface area contributed by atoms with E-state index in [4.69, 9.17) is 10.2 Å². The third-order valence-corrected chi connectivity index (χ3v) is 2.88. The molecule has 0 fully saturated rings. The fourth-order valence-electron chi connectivity index (χ4n) is 1.62. The van der Waals surface area contributed by atoms with Crippen molar-refractivity contribution in [2.45, 2.75) is 46.1 Å². The highest BCUT2D eigenvalue weighted by Gasteiger charge is 2.33. The van der Waals surface area contributed by atoms with Gasteiger partial charge in [-0.25, -0.2) is 9.59 Å². The Morgan fingerprint density at radius 1 is 1.21 bits per heavy atom. The average Bonchev–Trinajstić information content (AvgIpc) is 2.29. The number of rotatable bonds is 7. The molecule has 0 aliphatic carbocycles. The molecule has 0 unspecified atom stereocenters. The van der Waals surface area contributed by atoms with Crippen LogP contribution >= 0.6 is 0 Å². The second kappa shape index (κ2) is 7.99. The standard InChI is InChI=1S/C13H26N2O4/c1-13(2,3)10(11(17)18)14-12(19)15(4)8-6-5-7-9-16/h10,16H,5-9H2,1-4H3,(H,14,19)(H,17,18)/t10-/m0/s1. The van der Waals surface area contributed by atoms with E-state index in [9.17, 15) is 9.59 Å². The van der Waals surface area contributed by atoms with E-state index in [0.29, 0.717) is 6.54 Å². The van der Waals surface area contributed by atoms with Crippen LogP contribution in [0.5, 0.6) is 0 Å². The van der Waals surface area contributed by atoms with Crippen LogP contribution in [0.3, 0.4) is 0 Å². The number of carboxylic acids is 1. The van der Waals surface area contributed by atoms with Gasteiger partial charge in [0.25, 0.3) is 0 Å². The van der Waals surface area contributed by atoms with Gasteiger partial charge in [-0.05, 0) is 24.7 Å². The molecule has 6 nitrogen and oxygen atoms in total. The summed E-state index contributed by atoms with van der Waals surface area (Å²) in [5.41, 5.74) is -0.542. The normalized spacial score (nSPS) is 12.9. The number of nitrogens with one attached hydrogen (secondary N) is 1. The van der Waals surface area contributed by atoms with Crippen molar-refractivity contribution in [3.05, 3.63) is 0 Å². The Kier molecular flexibility index (Phi) is 7.44. The van der Waals surface area contributed by atoms with Gasteiger partial charge in [-0.3, -0.25) is 0 Å². The molecule has 3 N–H and O–H groups in total. The summed E-state index contributed by atoms with van der Waals surface area (Å²) in [6.45, 7) is 6.01. The number of carbonyl (C=O) groups is 2. The first kappa shape index (κ1) is 17.7. The summed E-state index contributed by atoms with van der Waals surface area (Å²) >= 11 is 0. The quantitative estimate of drug-likeness (QED) is 0.610. The molecule has 0 rings (SSSR count). The Labute approximate surface area is 114 Å². The van der Waals surface area contributed by atoms with Crippen molar-refractivity contribution in [1.29, 1.82) is 0 Å².